The zero-order chi connectivity index (χ0) is 21.2. The molecule has 1 atom stereocenters. The molecule has 0 heterocycles. The van der Waals surface area contributed by atoms with Gasteiger partial charge in [0.2, 0.25) is 11.8 Å². The smallest absolute Gasteiger partial charge is 0.242 e. The molecule has 0 radical (unpaired) electrons. The number of carbonyl (C=O) groups is 2. The molecule has 2 aromatic rings. The van der Waals surface area contributed by atoms with Crippen LogP contribution in [0, 0.1) is 6.92 Å². The van der Waals surface area contributed by atoms with Gasteiger partial charge in [-0.2, -0.15) is 0 Å². The van der Waals surface area contributed by atoms with E-state index >= 15 is 0 Å². The number of hydrogen-bond donors (Lipinski definition) is 1. The van der Waals surface area contributed by atoms with E-state index < -0.39 is 6.04 Å². The van der Waals surface area contributed by atoms with Gasteiger partial charge < -0.3 is 15.0 Å². The van der Waals surface area contributed by atoms with Crippen LogP contribution in [0.5, 0.6) is 5.75 Å². The number of aryl methyl sites for hydroxylation is 1. The van der Waals surface area contributed by atoms with Gasteiger partial charge in [0.25, 0.3) is 0 Å². The standard InChI is InChI=1S/C24H32N2O3/c1-5-15-25-24(28)22(6-2)26(17-20-9-7-18(3)8-10-20)23(27)16-19-11-13-21(29-4)14-12-19/h7-14,22H,5-6,15-17H2,1-4H3,(H,25,28)/t22-/m0/s1. The van der Waals surface area contributed by atoms with Crippen LogP contribution in [0.3, 0.4) is 0 Å². The van der Waals surface area contributed by atoms with Crippen molar-refractivity contribution in [2.75, 3.05) is 13.7 Å². The van der Waals surface area contributed by atoms with Crippen molar-refractivity contribution in [3.05, 3.63) is 65.2 Å². The minimum atomic E-state index is -0.492. The van der Waals surface area contributed by atoms with Crippen molar-refractivity contribution in [2.24, 2.45) is 0 Å². The Hall–Kier alpha value is -2.82. The number of ether oxygens (including phenoxy) is 1. The number of nitrogens with zero attached hydrogens (tertiary/aromatic N) is 1. The second-order valence-electron chi connectivity index (χ2n) is 7.25. The molecule has 2 aromatic carbocycles. The van der Waals surface area contributed by atoms with E-state index in [2.05, 4.69) is 5.32 Å². The summed E-state index contributed by atoms with van der Waals surface area (Å²) in [6, 6.07) is 15.1. The third-order valence-electron chi connectivity index (χ3n) is 4.92. The summed E-state index contributed by atoms with van der Waals surface area (Å²) in [4.78, 5) is 27.7. The fourth-order valence-corrected chi connectivity index (χ4v) is 3.20. The van der Waals surface area contributed by atoms with Gasteiger partial charge in [-0.15, -0.1) is 0 Å². The van der Waals surface area contributed by atoms with Crippen LogP contribution in [-0.4, -0.2) is 36.4 Å². The molecule has 0 spiro atoms. The molecule has 29 heavy (non-hydrogen) atoms. The normalized spacial score (nSPS) is 11.6. The van der Waals surface area contributed by atoms with Crippen LogP contribution in [-0.2, 0) is 22.6 Å². The van der Waals surface area contributed by atoms with Crippen LogP contribution in [0.4, 0.5) is 0 Å². The van der Waals surface area contributed by atoms with E-state index in [1.54, 1.807) is 12.0 Å². The van der Waals surface area contributed by atoms with Gasteiger partial charge in [0, 0.05) is 13.1 Å². The number of methoxy groups -OCH3 is 1. The third-order valence-corrected chi connectivity index (χ3v) is 4.92. The number of carbonyl (C=O) groups excluding carboxylic acids is 2. The zero-order valence-electron chi connectivity index (χ0n) is 17.9. The quantitative estimate of drug-likeness (QED) is 0.663. The molecule has 0 unspecified atom stereocenters. The molecule has 2 rings (SSSR count). The summed E-state index contributed by atoms with van der Waals surface area (Å²) >= 11 is 0. The molecule has 0 aliphatic heterocycles. The Labute approximate surface area is 174 Å². The van der Waals surface area contributed by atoms with E-state index in [-0.39, 0.29) is 18.2 Å². The molecule has 0 fully saturated rings. The highest BCUT2D eigenvalue weighted by atomic mass is 16.5. The molecule has 156 valence electrons. The van der Waals surface area contributed by atoms with Gasteiger partial charge in [-0.05, 0) is 43.0 Å². The molecule has 0 aliphatic rings. The van der Waals surface area contributed by atoms with Crippen molar-refractivity contribution in [2.45, 2.75) is 52.6 Å². The summed E-state index contributed by atoms with van der Waals surface area (Å²) in [5.74, 6) is 0.599. The molecule has 0 aliphatic carbocycles. The van der Waals surface area contributed by atoms with Crippen molar-refractivity contribution in [1.82, 2.24) is 10.2 Å². The Morgan fingerprint density at radius 3 is 2.17 bits per heavy atom. The van der Waals surface area contributed by atoms with E-state index in [1.807, 2.05) is 69.3 Å². The van der Waals surface area contributed by atoms with Crippen molar-refractivity contribution in [3.63, 3.8) is 0 Å². The first kappa shape index (κ1) is 22.5. The summed E-state index contributed by atoms with van der Waals surface area (Å²) < 4.78 is 5.19. The molecular formula is C24H32N2O3. The largest absolute Gasteiger partial charge is 0.497 e. The highest BCUT2D eigenvalue weighted by Crippen LogP contribution is 2.17. The van der Waals surface area contributed by atoms with Crippen molar-refractivity contribution < 1.29 is 14.3 Å². The Kier molecular flexibility index (Phi) is 8.71. The SMILES string of the molecule is CCCNC(=O)[C@H](CC)N(Cc1ccc(C)cc1)C(=O)Cc1ccc(OC)cc1. The third kappa shape index (κ3) is 6.63. The van der Waals surface area contributed by atoms with E-state index in [4.69, 9.17) is 4.74 Å². The summed E-state index contributed by atoms with van der Waals surface area (Å²) in [5, 5.41) is 2.94. The molecule has 0 saturated carbocycles. The van der Waals surface area contributed by atoms with Crippen molar-refractivity contribution in [1.29, 1.82) is 0 Å². The lowest BCUT2D eigenvalue weighted by molar-refractivity contribution is -0.140. The van der Waals surface area contributed by atoms with Gasteiger partial charge in [-0.1, -0.05) is 55.8 Å². The van der Waals surface area contributed by atoms with E-state index in [0.717, 1.165) is 28.9 Å². The Morgan fingerprint density at radius 1 is 1.00 bits per heavy atom. The predicted molar refractivity (Wildman–Crippen MR) is 116 cm³/mol. The molecule has 5 nitrogen and oxygen atoms in total. The highest BCUT2D eigenvalue weighted by molar-refractivity contribution is 5.88. The van der Waals surface area contributed by atoms with Crippen LogP contribution in [0.2, 0.25) is 0 Å². The Balaban J connectivity index is 2.23. The summed E-state index contributed by atoms with van der Waals surface area (Å²) in [5.41, 5.74) is 3.08. The topological polar surface area (TPSA) is 58.6 Å². The van der Waals surface area contributed by atoms with Gasteiger partial charge in [0.05, 0.1) is 13.5 Å². The average molecular weight is 397 g/mol. The first-order valence-corrected chi connectivity index (χ1v) is 10.2. The maximum Gasteiger partial charge on any atom is 0.242 e. The van der Waals surface area contributed by atoms with Gasteiger partial charge in [0.1, 0.15) is 11.8 Å². The summed E-state index contributed by atoms with van der Waals surface area (Å²) in [7, 11) is 1.62. The minimum Gasteiger partial charge on any atom is -0.497 e. The van der Waals surface area contributed by atoms with Gasteiger partial charge in [-0.3, -0.25) is 9.59 Å². The Morgan fingerprint density at radius 2 is 1.62 bits per heavy atom. The number of amides is 2. The zero-order valence-corrected chi connectivity index (χ0v) is 17.9. The molecule has 0 bridgehead atoms. The molecular weight excluding hydrogens is 364 g/mol. The molecule has 1 N–H and O–H groups in total. The predicted octanol–water partition coefficient (Wildman–Crippen LogP) is 3.88. The lowest BCUT2D eigenvalue weighted by atomic mass is 10.1. The monoisotopic (exact) mass is 396 g/mol. The summed E-state index contributed by atoms with van der Waals surface area (Å²) in [6.07, 6.45) is 1.67. The number of benzene rings is 2. The lowest BCUT2D eigenvalue weighted by Crippen LogP contribution is -2.49. The summed E-state index contributed by atoms with van der Waals surface area (Å²) in [6.45, 7) is 7.01. The maximum atomic E-state index is 13.2. The number of nitrogens with one attached hydrogen (secondary N) is 1. The molecule has 0 saturated heterocycles. The molecule has 5 heteroatoms. The maximum absolute atomic E-state index is 13.2. The van der Waals surface area contributed by atoms with Crippen LogP contribution < -0.4 is 10.1 Å². The van der Waals surface area contributed by atoms with Crippen LogP contribution in [0.1, 0.15) is 43.4 Å². The van der Waals surface area contributed by atoms with Crippen molar-refractivity contribution >= 4 is 11.8 Å². The van der Waals surface area contributed by atoms with Gasteiger partial charge in [-0.25, -0.2) is 0 Å². The molecule has 0 aromatic heterocycles. The molecule has 2 amide bonds. The second-order valence-corrected chi connectivity index (χ2v) is 7.25. The number of hydrogen-bond acceptors (Lipinski definition) is 3. The van der Waals surface area contributed by atoms with E-state index in [0.29, 0.717) is 19.5 Å². The van der Waals surface area contributed by atoms with Gasteiger partial charge >= 0.3 is 0 Å². The van der Waals surface area contributed by atoms with E-state index in [9.17, 15) is 9.59 Å². The van der Waals surface area contributed by atoms with Crippen LogP contribution >= 0.6 is 0 Å². The average Bonchev–Trinajstić information content (AvgIpc) is 2.74. The fourth-order valence-electron chi connectivity index (χ4n) is 3.20. The fraction of sp³-hybridized carbons (Fsp3) is 0.417. The van der Waals surface area contributed by atoms with Crippen LogP contribution in [0.25, 0.3) is 0 Å². The Bertz CT molecular complexity index is 785. The highest BCUT2D eigenvalue weighted by Gasteiger charge is 2.28. The van der Waals surface area contributed by atoms with Gasteiger partial charge in [0.15, 0.2) is 0 Å². The van der Waals surface area contributed by atoms with Crippen molar-refractivity contribution in [3.8, 4) is 5.75 Å². The number of rotatable bonds is 10. The first-order chi connectivity index (χ1) is 14.0. The second kappa shape index (κ2) is 11.2. The first-order valence-electron chi connectivity index (χ1n) is 10.2. The lowest BCUT2D eigenvalue weighted by Gasteiger charge is -2.31. The van der Waals surface area contributed by atoms with Crippen LogP contribution in [0.15, 0.2) is 48.5 Å². The minimum absolute atomic E-state index is 0.0609. The van der Waals surface area contributed by atoms with E-state index in [1.165, 1.54) is 0 Å².